The van der Waals surface area contributed by atoms with Gasteiger partial charge in [-0.1, -0.05) is 0 Å². The molecule has 0 bridgehead atoms. The number of anilines is 1. The van der Waals surface area contributed by atoms with E-state index < -0.39 is 0 Å². The highest BCUT2D eigenvalue weighted by Gasteiger charge is 2.10. The first kappa shape index (κ1) is 10.1. The third-order valence-corrected chi connectivity index (χ3v) is 2.93. The zero-order chi connectivity index (χ0) is 11.7. The van der Waals surface area contributed by atoms with Gasteiger partial charge in [0.2, 0.25) is 0 Å². The fourth-order valence-corrected chi connectivity index (χ4v) is 2.15. The van der Waals surface area contributed by atoms with E-state index in [1.165, 1.54) is 18.1 Å². The van der Waals surface area contributed by atoms with Gasteiger partial charge in [0.25, 0.3) is 0 Å². The second-order valence-electron chi connectivity index (χ2n) is 3.13. The zero-order valence-electron chi connectivity index (χ0n) is 8.53. The van der Waals surface area contributed by atoms with E-state index in [1.54, 1.807) is 12.4 Å². The summed E-state index contributed by atoms with van der Waals surface area (Å²) in [6.45, 7) is 0. The van der Waals surface area contributed by atoms with Crippen molar-refractivity contribution in [1.29, 1.82) is 0 Å². The number of nitrogens with two attached hydrogens (primary N) is 1. The summed E-state index contributed by atoms with van der Waals surface area (Å²) in [6.07, 6.45) is 6.72. The molecule has 0 aliphatic carbocycles. The van der Waals surface area contributed by atoms with Gasteiger partial charge in [-0.2, -0.15) is 5.10 Å². The van der Waals surface area contributed by atoms with Crippen LogP contribution in [-0.2, 0) is 0 Å². The van der Waals surface area contributed by atoms with Crippen molar-refractivity contribution in [3.8, 4) is 0 Å². The van der Waals surface area contributed by atoms with Crippen LogP contribution in [0.15, 0.2) is 35.1 Å². The summed E-state index contributed by atoms with van der Waals surface area (Å²) in [7, 11) is 0. The lowest BCUT2D eigenvalue weighted by atomic mass is 10.6. The Morgan fingerprint density at radius 3 is 3.12 bits per heavy atom. The molecule has 3 aromatic heterocycles. The lowest BCUT2D eigenvalue weighted by Crippen LogP contribution is -2.10. The Hall–Kier alpha value is -2.13. The van der Waals surface area contributed by atoms with E-state index in [0.29, 0.717) is 16.0 Å². The molecular formula is C8H8N8S. The minimum absolute atomic E-state index is 0.553. The molecule has 0 aliphatic heterocycles. The molecule has 0 saturated carbocycles. The molecule has 3 aromatic rings. The zero-order valence-corrected chi connectivity index (χ0v) is 9.35. The second-order valence-corrected chi connectivity index (χ2v) is 4.10. The first-order valence-electron chi connectivity index (χ1n) is 4.70. The summed E-state index contributed by atoms with van der Waals surface area (Å²) in [5, 5.41) is 7.88. The fourth-order valence-electron chi connectivity index (χ4n) is 1.38. The van der Waals surface area contributed by atoms with Crippen molar-refractivity contribution in [3.63, 3.8) is 0 Å². The maximum atomic E-state index is 5.36. The number of hydrogen-bond donors (Lipinski definition) is 3. The Morgan fingerprint density at radius 2 is 2.35 bits per heavy atom. The Bertz CT molecular complexity index is 630. The number of nitrogens with one attached hydrogen (secondary N) is 2. The van der Waals surface area contributed by atoms with Crippen LogP contribution in [0.1, 0.15) is 0 Å². The van der Waals surface area contributed by atoms with Crippen molar-refractivity contribution in [3.05, 3.63) is 24.9 Å². The van der Waals surface area contributed by atoms with E-state index in [2.05, 4.69) is 30.6 Å². The number of hydrazine groups is 1. The molecule has 0 saturated heterocycles. The van der Waals surface area contributed by atoms with E-state index in [9.17, 15) is 0 Å². The van der Waals surface area contributed by atoms with Crippen LogP contribution in [0.2, 0.25) is 0 Å². The molecule has 0 amide bonds. The highest BCUT2D eigenvalue weighted by atomic mass is 32.2. The molecule has 0 radical (unpaired) electrons. The SMILES string of the molecule is NNc1cn2ccnc2c(Sc2ncn[nH]2)n1. The van der Waals surface area contributed by atoms with Gasteiger partial charge in [0.15, 0.2) is 16.6 Å². The number of hydrogen-bond acceptors (Lipinski definition) is 7. The summed E-state index contributed by atoms with van der Waals surface area (Å²) in [5.41, 5.74) is 3.25. The van der Waals surface area contributed by atoms with Gasteiger partial charge in [0.05, 0.1) is 6.20 Å². The molecule has 9 heteroatoms. The van der Waals surface area contributed by atoms with Crippen LogP contribution >= 0.6 is 11.8 Å². The monoisotopic (exact) mass is 248 g/mol. The number of H-pyrrole nitrogens is 1. The molecule has 0 atom stereocenters. The predicted molar refractivity (Wildman–Crippen MR) is 61.3 cm³/mol. The van der Waals surface area contributed by atoms with Crippen molar-refractivity contribution in [2.24, 2.45) is 5.84 Å². The maximum absolute atomic E-state index is 5.36. The summed E-state index contributed by atoms with van der Waals surface area (Å²) in [5.74, 6) is 5.91. The van der Waals surface area contributed by atoms with E-state index in [4.69, 9.17) is 5.84 Å². The number of fused-ring (bicyclic) bond motifs is 1. The van der Waals surface area contributed by atoms with Crippen molar-refractivity contribution in [1.82, 2.24) is 29.5 Å². The van der Waals surface area contributed by atoms with Crippen LogP contribution in [0.25, 0.3) is 5.65 Å². The van der Waals surface area contributed by atoms with Crippen molar-refractivity contribution in [2.45, 2.75) is 10.2 Å². The molecule has 0 aromatic carbocycles. The molecule has 0 aliphatic rings. The van der Waals surface area contributed by atoms with Gasteiger partial charge in [-0.25, -0.2) is 20.8 Å². The van der Waals surface area contributed by atoms with Crippen LogP contribution in [0.5, 0.6) is 0 Å². The summed E-state index contributed by atoms with van der Waals surface area (Å²) < 4.78 is 1.83. The number of nitrogens with zero attached hydrogens (tertiary/aromatic N) is 5. The summed E-state index contributed by atoms with van der Waals surface area (Å²) in [6, 6.07) is 0. The van der Waals surface area contributed by atoms with Crippen LogP contribution < -0.4 is 11.3 Å². The van der Waals surface area contributed by atoms with E-state index in [0.717, 1.165) is 5.65 Å². The predicted octanol–water partition coefficient (Wildman–Crippen LogP) is 0.284. The molecular weight excluding hydrogens is 240 g/mol. The van der Waals surface area contributed by atoms with Gasteiger partial charge in [0, 0.05) is 12.4 Å². The first-order valence-corrected chi connectivity index (χ1v) is 5.52. The third kappa shape index (κ3) is 1.81. The lowest BCUT2D eigenvalue weighted by molar-refractivity contribution is 0.961. The number of aromatic nitrogens is 6. The molecule has 3 rings (SSSR count). The highest BCUT2D eigenvalue weighted by molar-refractivity contribution is 7.99. The molecule has 17 heavy (non-hydrogen) atoms. The molecule has 86 valence electrons. The van der Waals surface area contributed by atoms with Crippen LogP contribution in [0.3, 0.4) is 0 Å². The van der Waals surface area contributed by atoms with E-state index in [1.807, 2.05) is 10.6 Å². The summed E-state index contributed by atoms with van der Waals surface area (Å²) >= 11 is 1.34. The van der Waals surface area contributed by atoms with Gasteiger partial charge < -0.3 is 9.83 Å². The Balaban J connectivity index is 2.10. The fraction of sp³-hybridized carbons (Fsp3) is 0. The van der Waals surface area contributed by atoms with Gasteiger partial charge in [-0.15, -0.1) is 0 Å². The van der Waals surface area contributed by atoms with Crippen LogP contribution in [0.4, 0.5) is 5.82 Å². The smallest absolute Gasteiger partial charge is 0.189 e. The normalized spacial score (nSPS) is 10.9. The van der Waals surface area contributed by atoms with E-state index in [-0.39, 0.29) is 0 Å². The third-order valence-electron chi connectivity index (χ3n) is 2.08. The Kier molecular flexibility index (Phi) is 2.38. The largest absolute Gasteiger partial charge is 0.307 e. The molecule has 4 N–H and O–H groups in total. The van der Waals surface area contributed by atoms with Gasteiger partial charge in [0.1, 0.15) is 11.4 Å². The maximum Gasteiger partial charge on any atom is 0.189 e. The van der Waals surface area contributed by atoms with Gasteiger partial charge in [-0.3, -0.25) is 5.10 Å². The van der Waals surface area contributed by atoms with Crippen LogP contribution in [-0.4, -0.2) is 29.5 Å². The molecule has 8 nitrogen and oxygen atoms in total. The van der Waals surface area contributed by atoms with Crippen molar-refractivity contribution in [2.75, 3.05) is 5.43 Å². The topological polar surface area (TPSA) is 110 Å². The number of imidazole rings is 1. The van der Waals surface area contributed by atoms with Crippen LogP contribution in [0, 0.1) is 0 Å². The number of nitrogen functional groups attached to an aromatic ring is 1. The molecule has 0 fully saturated rings. The van der Waals surface area contributed by atoms with E-state index >= 15 is 0 Å². The lowest BCUT2D eigenvalue weighted by Gasteiger charge is -2.04. The standard InChI is InChI=1S/C8H8N8S/c9-14-5-3-16-2-1-10-6(16)7(13-5)17-8-11-4-12-15-8/h1-4,14H,9H2,(H,11,12,15). The van der Waals surface area contributed by atoms with Gasteiger partial charge >= 0.3 is 0 Å². The average molecular weight is 248 g/mol. The van der Waals surface area contributed by atoms with Crippen molar-refractivity contribution >= 4 is 23.2 Å². The Morgan fingerprint density at radius 1 is 1.41 bits per heavy atom. The molecule has 0 spiro atoms. The average Bonchev–Trinajstić information content (AvgIpc) is 2.98. The minimum Gasteiger partial charge on any atom is -0.307 e. The number of aromatic amines is 1. The first-order chi connectivity index (χ1) is 8.36. The highest BCUT2D eigenvalue weighted by Crippen LogP contribution is 2.26. The molecule has 3 heterocycles. The van der Waals surface area contributed by atoms with Gasteiger partial charge in [-0.05, 0) is 11.8 Å². The number of rotatable bonds is 3. The quantitative estimate of drug-likeness (QED) is 0.451. The van der Waals surface area contributed by atoms with Crippen molar-refractivity contribution < 1.29 is 0 Å². The molecule has 0 unspecified atom stereocenters. The second kappa shape index (κ2) is 4.03. The Labute approximate surface area is 99.6 Å². The minimum atomic E-state index is 0.553. The summed E-state index contributed by atoms with van der Waals surface area (Å²) in [4.78, 5) is 12.6.